The summed E-state index contributed by atoms with van der Waals surface area (Å²) in [5.74, 6) is 3.34. The molecule has 174 valence electrons. The summed E-state index contributed by atoms with van der Waals surface area (Å²) in [4.78, 5) is 0. The third-order valence-corrected chi connectivity index (χ3v) is 11.3. The minimum absolute atomic E-state index is 0.0150. The van der Waals surface area contributed by atoms with Gasteiger partial charge in [0.1, 0.15) is 0 Å². The molecule has 4 aliphatic carbocycles. The van der Waals surface area contributed by atoms with Crippen LogP contribution in [0.4, 0.5) is 0 Å². The molecule has 4 rings (SSSR count). The first-order chi connectivity index (χ1) is 14.0. The molecule has 2 unspecified atom stereocenters. The van der Waals surface area contributed by atoms with E-state index in [4.69, 9.17) is 5.73 Å². The van der Waals surface area contributed by atoms with Gasteiger partial charge in [-0.3, -0.25) is 0 Å². The van der Waals surface area contributed by atoms with Crippen molar-refractivity contribution in [3.8, 4) is 0 Å². The number of hydrogen-bond donors (Lipinski definition) is 3. The third kappa shape index (κ3) is 3.50. The van der Waals surface area contributed by atoms with Crippen LogP contribution in [0.15, 0.2) is 0 Å². The highest BCUT2D eigenvalue weighted by Crippen LogP contribution is 2.69. The number of fused-ring (bicyclic) bond motifs is 5. The second-order valence-corrected chi connectivity index (χ2v) is 13.0. The molecule has 4 N–H and O–H groups in total. The number of hydrogen-bond acceptors (Lipinski definition) is 3. The van der Waals surface area contributed by atoms with E-state index in [0.29, 0.717) is 34.5 Å². The maximum atomic E-state index is 10.7. The molecule has 10 atom stereocenters. The number of rotatable bonds is 5. The molecule has 30 heavy (non-hydrogen) atoms. The zero-order valence-corrected chi connectivity index (χ0v) is 20.4. The molecule has 4 fully saturated rings. The monoisotopic (exact) mass is 419 g/mol. The first-order valence-electron chi connectivity index (χ1n) is 13.2. The van der Waals surface area contributed by atoms with E-state index in [1.165, 1.54) is 32.1 Å². The average Bonchev–Trinajstić information content (AvgIpc) is 3.05. The first kappa shape index (κ1) is 23.1. The molecule has 0 saturated heterocycles. The fourth-order valence-electron chi connectivity index (χ4n) is 9.48. The lowest BCUT2D eigenvalue weighted by Gasteiger charge is -2.66. The summed E-state index contributed by atoms with van der Waals surface area (Å²) in [6.07, 6.45) is 13.5. The molecular formula is C27H49NO2. The van der Waals surface area contributed by atoms with E-state index in [1.54, 1.807) is 0 Å². The summed E-state index contributed by atoms with van der Waals surface area (Å²) < 4.78 is 0. The van der Waals surface area contributed by atoms with E-state index in [-0.39, 0.29) is 11.6 Å². The predicted octanol–water partition coefficient (Wildman–Crippen LogP) is 5.66. The van der Waals surface area contributed by atoms with Gasteiger partial charge in [-0.25, -0.2) is 0 Å². The number of nitrogens with two attached hydrogens (primary N) is 1. The highest BCUT2D eigenvalue weighted by atomic mass is 16.3. The lowest BCUT2D eigenvalue weighted by molar-refractivity contribution is -0.158. The highest BCUT2D eigenvalue weighted by Gasteiger charge is 2.66. The van der Waals surface area contributed by atoms with Gasteiger partial charge >= 0.3 is 0 Å². The van der Waals surface area contributed by atoms with Crippen LogP contribution in [0.5, 0.6) is 0 Å². The first-order valence-corrected chi connectivity index (χ1v) is 13.2. The van der Waals surface area contributed by atoms with E-state index < -0.39 is 5.60 Å². The van der Waals surface area contributed by atoms with Crippen molar-refractivity contribution in [2.75, 3.05) is 0 Å². The fraction of sp³-hybridized carbons (Fsp3) is 1.00. The van der Waals surface area contributed by atoms with Gasteiger partial charge in [0.15, 0.2) is 0 Å². The van der Waals surface area contributed by atoms with Gasteiger partial charge in [-0.2, -0.15) is 0 Å². The second-order valence-electron chi connectivity index (χ2n) is 13.0. The van der Waals surface area contributed by atoms with Crippen LogP contribution in [0.2, 0.25) is 0 Å². The summed E-state index contributed by atoms with van der Waals surface area (Å²) in [5, 5.41) is 20.8. The van der Waals surface area contributed by atoms with Gasteiger partial charge in [0.25, 0.3) is 0 Å². The molecule has 0 amide bonds. The Kier molecular flexibility index (Phi) is 5.94. The molecule has 3 nitrogen and oxygen atoms in total. The molecule has 0 aromatic rings. The summed E-state index contributed by atoms with van der Waals surface area (Å²) in [5.41, 5.74) is 7.69. The van der Waals surface area contributed by atoms with Gasteiger partial charge in [-0.1, -0.05) is 27.7 Å². The normalized spacial score (nSPS) is 52.8. The molecule has 0 aromatic heterocycles. The average molecular weight is 420 g/mol. The maximum absolute atomic E-state index is 10.7. The van der Waals surface area contributed by atoms with Crippen molar-refractivity contribution in [3.05, 3.63) is 0 Å². The van der Waals surface area contributed by atoms with Crippen molar-refractivity contribution >= 4 is 0 Å². The quantitative estimate of drug-likeness (QED) is 0.538. The molecule has 0 bridgehead atoms. The topological polar surface area (TPSA) is 66.5 Å². The zero-order valence-electron chi connectivity index (χ0n) is 20.4. The SMILES string of the molecule is CC[C@@H](O)CC[C@@H](C)[C@H]1CC[C@H]2C3(N)CCC4C[C@@](C)(O)CC[C@]4(C)[C@H]3CC[C@]12C. The minimum atomic E-state index is -0.473. The van der Waals surface area contributed by atoms with Gasteiger partial charge in [-0.15, -0.1) is 0 Å². The van der Waals surface area contributed by atoms with Crippen molar-refractivity contribution < 1.29 is 10.2 Å². The number of aliphatic hydroxyl groups excluding tert-OH is 1. The Bertz CT molecular complexity index is 634. The van der Waals surface area contributed by atoms with Crippen molar-refractivity contribution in [1.82, 2.24) is 0 Å². The van der Waals surface area contributed by atoms with E-state index in [2.05, 4.69) is 27.7 Å². The van der Waals surface area contributed by atoms with Gasteiger partial charge in [0.05, 0.1) is 11.7 Å². The smallest absolute Gasteiger partial charge is 0.0622 e. The molecule has 0 aliphatic heterocycles. The predicted molar refractivity (Wildman–Crippen MR) is 124 cm³/mol. The Hall–Kier alpha value is -0.120. The molecule has 4 saturated carbocycles. The number of aliphatic hydroxyl groups is 2. The lowest BCUT2D eigenvalue weighted by Crippen LogP contribution is -2.68. The van der Waals surface area contributed by atoms with Crippen LogP contribution in [0.25, 0.3) is 0 Å². The van der Waals surface area contributed by atoms with Crippen LogP contribution in [-0.4, -0.2) is 27.5 Å². The molecule has 4 aliphatic rings. The Labute approximate surface area is 185 Å². The second kappa shape index (κ2) is 7.73. The van der Waals surface area contributed by atoms with Crippen molar-refractivity contribution in [3.63, 3.8) is 0 Å². The summed E-state index contributed by atoms with van der Waals surface area (Å²) in [6.45, 7) is 11.7. The summed E-state index contributed by atoms with van der Waals surface area (Å²) >= 11 is 0. The Morgan fingerprint density at radius 2 is 1.60 bits per heavy atom. The summed E-state index contributed by atoms with van der Waals surface area (Å²) in [6, 6.07) is 0. The molecule has 0 heterocycles. The largest absolute Gasteiger partial charge is 0.393 e. The van der Waals surface area contributed by atoms with Crippen molar-refractivity contribution in [2.45, 2.75) is 129 Å². The van der Waals surface area contributed by atoms with E-state index in [1.807, 2.05) is 6.92 Å². The summed E-state index contributed by atoms with van der Waals surface area (Å²) in [7, 11) is 0. The van der Waals surface area contributed by atoms with Crippen molar-refractivity contribution in [1.29, 1.82) is 0 Å². The Morgan fingerprint density at radius 1 is 0.900 bits per heavy atom. The Morgan fingerprint density at radius 3 is 2.30 bits per heavy atom. The Balaban J connectivity index is 1.54. The van der Waals surface area contributed by atoms with Crippen LogP contribution in [0.1, 0.15) is 112 Å². The van der Waals surface area contributed by atoms with Crippen LogP contribution in [0, 0.1) is 40.4 Å². The third-order valence-electron chi connectivity index (χ3n) is 11.3. The molecule has 0 radical (unpaired) electrons. The van der Waals surface area contributed by atoms with Crippen LogP contribution in [0.3, 0.4) is 0 Å². The van der Waals surface area contributed by atoms with Crippen LogP contribution < -0.4 is 5.73 Å². The zero-order chi connectivity index (χ0) is 21.9. The van der Waals surface area contributed by atoms with Gasteiger partial charge in [-0.05, 0) is 124 Å². The van der Waals surface area contributed by atoms with Gasteiger partial charge in [0.2, 0.25) is 0 Å². The van der Waals surface area contributed by atoms with Crippen LogP contribution in [-0.2, 0) is 0 Å². The maximum Gasteiger partial charge on any atom is 0.0622 e. The molecular weight excluding hydrogens is 370 g/mol. The van der Waals surface area contributed by atoms with Gasteiger partial charge < -0.3 is 15.9 Å². The molecule has 0 aromatic carbocycles. The van der Waals surface area contributed by atoms with Crippen LogP contribution >= 0.6 is 0 Å². The van der Waals surface area contributed by atoms with E-state index in [0.717, 1.165) is 50.9 Å². The highest BCUT2D eigenvalue weighted by molar-refractivity contribution is 5.18. The van der Waals surface area contributed by atoms with Gasteiger partial charge in [0, 0.05) is 5.54 Å². The minimum Gasteiger partial charge on any atom is -0.393 e. The lowest BCUT2D eigenvalue weighted by atomic mass is 9.41. The standard InChI is InChI=1S/C27H49NO2/c1-6-20(29)8-7-18(2)21-9-10-22-26(21,5)13-12-23-25(4)16-15-24(3,30)17-19(25)11-14-27(22,23)28/h18-23,29-30H,6-17,28H2,1-5H3/t18-,19?,20-,21-,22-,23-,24+,25+,26-,27?/m1/s1. The van der Waals surface area contributed by atoms with Crippen molar-refractivity contribution in [2.24, 2.45) is 46.2 Å². The molecule has 0 spiro atoms. The van der Waals surface area contributed by atoms with E-state index >= 15 is 0 Å². The fourth-order valence-corrected chi connectivity index (χ4v) is 9.48. The van der Waals surface area contributed by atoms with E-state index in [9.17, 15) is 10.2 Å². The molecule has 3 heteroatoms.